The number of hydrogen-bond donors (Lipinski definition) is 1. The predicted octanol–water partition coefficient (Wildman–Crippen LogP) is 3.01. The summed E-state index contributed by atoms with van der Waals surface area (Å²) in [5.41, 5.74) is 3.50. The van der Waals surface area contributed by atoms with E-state index in [1.165, 1.54) is 11.1 Å². The number of nitrogens with one attached hydrogen (secondary N) is 1. The Balaban J connectivity index is 1.65. The highest BCUT2D eigenvalue weighted by Gasteiger charge is 2.26. The molecule has 1 aliphatic rings. The van der Waals surface area contributed by atoms with Gasteiger partial charge in [-0.05, 0) is 30.0 Å². The van der Waals surface area contributed by atoms with Crippen molar-refractivity contribution >= 4 is 5.97 Å². The maximum atomic E-state index is 12.3. The molecule has 0 aromatic heterocycles. The van der Waals surface area contributed by atoms with Gasteiger partial charge in [-0.2, -0.15) is 0 Å². The van der Waals surface area contributed by atoms with Crippen LogP contribution in [0.5, 0.6) is 0 Å². The second-order valence-electron chi connectivity index (χ2n) is 5.40. The summed E-state index contributed by atoms with van der Waals surface area (Å²) < 4.78 is 5.59. The standard InChI is InChI=1S/C18H19NO2/c1-13(14-7-3-2-4-8-14)21-18(20)17-11-15-9-5-6-10-16(15)12-19-17/h2-10,13,17,19H,11-12H2,1H3/t13?,17-/m1/s1. The zero-order valence-electron chi connectivity index (χ0n) is 12.1. The molecule has 3 rings (SSSR count). The van der Waals surface area contributed by atoms with Gasteiger partial charge < -0.3 is 10.1 Å². The lowest BCUT2D eigenvalue weighted by Gasteiger charge is -2.26. The molecule has 0 fully saturated rings. The van der Waals surface area contributed by atoms with E-state index in [-0.39, 0.29) is 18.1 Å². The molecule has 1 heterocycles. The molecule has 3 heteroatoms. The minimum Gasteiger partial charge on any atom is -0.457 e. The summed E-state index contributed by atoms with van der Waals surface area (Å²) >= 11 is 0. The van der Waals surface area contributed by atoms with Crippen LogP contribution in [0.25, 0.3) is 0 Å². The van der Waals surface area contributed by atoms with Crippen LogP contribution in [0.2, 0.25) is 0 Å². The fraction of sp³-hybridized carbons (Fsp3) is 0.278. The number of rotatable bonds is 3. The first-order valence-electron chi connectivity index (χ1n) is 7.29. The molecule has 21 heavy (non-hydrogen) atoms. The lowest BCUT2D eigenvalue weighted by molar-refractivity contribution is -0.151. The number of ether oxygens (including phenoxy) is 1. The molecule has 1 N–H and O–H groups in total. The molecule has 1 unspecified atom stereocenters. The molecule has 0 amide bonds. The number of carbonyl (C=O) groups is 1. The Morgan fingerprint density at radius 3 is 2.52 bits per heavy atom. The summed E-state index contributed by atoms with van der Waals surface area (Å²) in [6, 6.07) is 17.8. The van der Waals surface area contributed by atoms with E-state index < -0.39 is 0 Å². The summed E-state index contributed by atoms with van der Waals surface area (Å²) in [5.74, 6) is -0.180. The molecule has 0 bridgehead atoms. The molecular weight excluding hydrogens is 262 g/mol. The van der Waals surface area contributed by atoms with Crippen LogP contribution >= 0.6 is 0 Å². The quantitative estimate of drug-likeness (QED) is 0.879. The molecule has 0 aliphatic carbocycles. The summed E-state index contributed by atoms with van der Waals surface area (Å²) in [6.45, 7) is 2.62. The van der Waals surface area contributed by atoms with Gasteiger partial charge in [-0.1, -0.05) is 54.6 Å². The van der Waals surface area contributed by atoms with Gasteiger partial charge in [-0.25, -0.2) is 0 Å². The van der Waals surface area contributed by atoms with Crippen molar-refractivity contribution in [2.24, 2.45) is 0 Å². The number of esters is 1. The van der Waals surface area contributed by atoms with Gasteiger partial charge in [0.25, 0.3) is 0 Å². The average Bonchev–Trinajstić information content (AvgIpc) is 2.55. The number of hydrogen-bond acceptors (Lipinski definition) is 3. The van der Waals surface area contributed by atoms with E-state index >= 15 is 0 Å². The van der Waals surface area contributed by atoms with Gasteiger partial charge in [0.2, 0.25) is 0 Å². The van der Waals surface area contributed by atoms with E-state index in [1.807, 2.05) is 49.4 Å². The number of carbonyl (C=O) groups excluding carboxylic acids is 1. The highest BCUT2D eigenvalue weighted by molar-refractivity contribution is 5.77. The second-order valence-corrected chi connectivity index (χ2v) is 5.40. The van der Waals surface area contributed by atoms with Crippen LogP contribution < -0.4 is 5.32 Å². The molecule has 2 aromatic rings. The van der Waals surface area contributed by atoms with E-state index in [0.717, 1.165) is 12.1 Å². The first-order chi connectivity index (χ1) is 10.2. The Hall–Kier alpha value is -2.13. The van der Waals surface area contributed by atoms with Crippen molar-refractivity contribution in [1.82, 2.24) is 5.32 Å². The summed E-state index contributed by atoms with van der Waals surface area (Å²) in [6.07, 6.45) is 0.467. The van der Waals surface area contributed by atoms with Crippen LogP contribution in [0.1, 0.15) is 29.7 Å². The normalized spacial score (nSPS) is 18.6. The molecule has 1 aliphatic heterocycles. The maximum Gasteiger partial charge on any atom is 0.324 e. The molecule has 108 valence electrons. The van der Waals surface area contributed by atoms with Crippen LogP contribution in [0.15, 0.2) is 54.6 Å². The smallest absolute Gasteiger partial charge is 0.324 e. The van der Waals surface area contributed by atoms with E-state index in [2.05, 4.69) is 17.4 Å². The third-order valence-electron chi connectivity index (χ3n) is 3.93. The van der Waals surface area contributed by atoms with Gasteiger partial charge in [-0.3, -0.25) is 4.79 Å². The lowest BCUT2D eigenvalue weighted by atomic mass is 9.96. The van der Waals surface area contributed by atoms with Crippen LogP contribution in [-0.4, -0.2) is 12.0 Å². The van der Waals surface area contributed by atoms with Gasteiger partial charge in [-0.15, -0.1) is 0 Å². The van der Waals surface area contributed by atoms with Crippen LogP contribution in [0, 0.1) is 0 Å². The Morgan fingerprint density at radius 2 is 1.76 bits per heavy atom. The monoisotopic (exact) mass is 281 g/mol. The van der Waals surface area contributed by atoms with E-state index in [0.29, 0.717) is 6.42 Å². The average molecular weight is 281 g/mol. The third-order valence-corrected chi connectivity index (χ3v) is 3.93. The lowest BCUT2D eigenvalue weighted by Crippen LogP contribution is -2.43. The van der Waals surface area contributed by atoms with Crippen LogP contribution in [-0.2, 0) is 22.5 Å². The number of fused-ring (bicyclic) bond motifs is 1. The van der Waals surface area contributed by atoms with Crippen LogP contribution in [0.3, 0.4) is 0 Å². The minimum atomic E-state index is -0.258. The molecule has 0 spiro atoms. The molecule has 0 radical (unpaired) electrons. The molecule has 3 nitrogen and oxygen atoms in total. The second kappa shape index (κ2) is 6.10. The molecule has 0 saturated heterocycles. The highest BCUT2D eigenvalue weighted by Crippen LogP contribution is 2.20. The molecule has 2 aromatic carbocycles. The summed E-state index contributed by atoms with van der Waals surface area (Å²) in [4.78, 5) is 12.3. The Morgan fingerprint density at radius 1 is 1.10 bits per heavy atom. The van der Waals surface area contributed by atoms with Crippen molar-refractivity contribution in [3.63, 3.8) is 0 Å². The maximum absolute atomic E-state index is 12.3. The van der Waals surface area contributed by atoms with Crippen molar-refractivity contribution in [3.05, 3.63) is 71.3 Å². The Kier molecular flexibility index (Phi) is 4.02. The Bertz CT molecular complexity index is 624. The van der Waals surface area contributed by atoms with E-state index in [4.69, 9.17) is 4.74 Å². The predicted molar refractivity (Wildman–Crippen MR) is 81.7 cm³/mol. The molecule has 0 saturated carbocycles. The van der Waals surface area contributed by atoms with Crippen molar-refractivity contribution in [2.75, 3.05) is 0 Å². The molecule has 2 atom stereocenters. The first-order valence-corrected chi connectivity index (χ1v) is 7.29. The van der Waals surface area contributed by atoms with Crippen molar-refractivity contribution in [2.45, 2.75) is 32.0 Å². The summed E-state index contributed by atoms with van der Waals surface area (Å²) in [7, 11) is 0. The van der Waals surface area contributed by atoms with Crippen LogP contribution in [0.4, 0.5) is 0 Å². The van der Waals surface area contributed by atoms with Gasteiger partial charge in [0.1, 0.15) is 12.1 Å². The van der Waals surface area contributed by atoms with E-state index in [1.54, 1.807) is 0 Å². The molecular formula is C18H19NO2. The van der Waals surface area contributed by atoms with Gasteiger partial charge in [0, 0.05) is 6.54 Å². The zero-order valence-corrected chi connectivity index (χ0v) is 12.1. The Labute approximate surface area is 124 Å². The van der Waals surface area contributed by atoms with Gasteiger partial charge in [0.15, 0.2) is 0 Å². The zero-order chi connectivity index (χ0) is 14.7. The number of benzene rings is 2. The van der Waals surface area contributed by atoms with E-state index in [9.17, 15) is 4.79 Å². The van der Waals surface area contributed by atoms with Crippen molar-refractivity contribution in [3.8, 4) is 0 Å². The van der Waals surface area contributed by atoms with Gasteiger partial charge in [0.05, 0.1) is 0 Å². The summed E-state index contributed by atoms with van der Waals surface area (Å²) in [5, 5.41) is 3.26. The minimum absolute atomic E-state index is 0.180. The fourth-order valence-electron chi connectivity index (χ4n) is 2.67. The largest absolute Gasteiger partial charge is 0.457 e. The van der Waals surface area contributed by atoms with Gasteiger partial charge >= 0.3 is 5.97 Å². The first kappa shape index (κ1) is 13.8. The van der Waals surface area contributed by atoms with Crippen molar-refractivity contribution < 1.29 is 9.53 Å². The fourth-order valence-corrected chi connectivity index (χ4v) is 2.67. The SMILES string of the molecule is CC(OC(=O)[C@H]1Cc2ccccc2CN1)c1ccccc1. The highest BCUT2D eigenvalue weighted by atomic mass is 16.5. The van der Waals surface area contributed by atoms with Crippen molar-refractivity contribution in [1.29, 1.82) is 0 Å². The topological polar surface area (TPSA) is 38.3 Å². The third kappa shape index (κ3) is 3.14.